The lowest BCUT2D eigenvalue weighted by molar-refractivity contribution is 0.157. The number of hydrogen-bond acceptors (Lipinski definition) is 1. The molecule has 0 heterocycles. The van der Waals surface area contributed by atoms with Crippen LogP contribution in [0.25, 0.3) is 0 Å². The van der Waals surface area contributed by atoms with E-state index in [1.54, 1.807) is 0 Å². The van der Waals surface area contributed by atoms with E-state index in [1.165, 1.54) is 12.8 Å². The van der Waals surface area contributed by atoms with E-state index >= 15 is 0 Å². The Hall–Kier alpha value is -0.480. The molecule has 12 heavy (non-hydrogen) atoms. The Morgan fingerprint density at radius 2 is 2.25 bits per heavy atom. The molecule has 1 heteroatoms. The summed E-state index contributed by atoms with van der Waals surface area (Å²) >= 11 is 0. The normalized spacial score (nSPS) is 28.2. The summed E-state index contributed by atoms with van der Waals surface area (Å²) in [6.07, 6.45) is 6.46. The molecule has 0 aromatic carbocycles. The Balaban J connectivity index is 2.22. The van der Waals surface area contributed by atoms with Crippen molar-refractivity contribution in [1.29, 1.82) is 0 Å². The molecule has 0 saturated heterocycles. The molecule has 1 N–H and O–H groups in total. The van der Waals surface area contributed by atoms with Crippen molar-refractivity contribution >= 4 is 0 Å². The van der Waals surface area contributed by atoms with Crippen LogP contribution in [0.5, 0.6) is 0 Å². The monoisotopic (exact) mass is 166 g/mol. The van der Waals surface area contributed by atoms with E-state index in [0.717, 1.165) is 25.7 Å². The van der Waals surface area contributed by atoms with Crippen LogP contribution in [0.15, 0.2) is 0 Å². The van der Waals surface area contributed by atoms with Gasteiger partial charge in [0.25, 0.3) is 0 Å². The topological polar surface area (TPSA) is 20.2 Å². The van der Waals surface area contributed by atoms with Gasteiger partial charge in [-0.05, 0) is 25.7 Å². The highest BCUT2D eigenvalue weighted by molar-refractivity contribution is 5.07. The van der Waals surface area contributed by atoms with Gasteiger partial charge in [0.15, 0.2) is 0 Å². The minimum atomic E-state index is -0.140. The van der Waals surface area contributed by atoms with Crippen molar-refractivity contribution in [3.05, 3.63) is 0 Å². The molecule has 1 rings (SSSR count). The lowest BCUT2D eigenvalue weighted by atomic mass is 10.1. The van der Waals surface area contributed by atoms with Crippen LogP contribution in [0.4, 0.5) is 0 Å². The predicted octanol–water partition coefficient (Wildman–Crippen LogP) is 2.34. The molecule has 1 aliphatic carbocycles. The van der Waals surface area contributed by atoms with E-state index in [2.05, 4.69) is 18.8 Å². The fourth-order valence-corrected chi connectivity index (χ4v) is 1.58. The van der Waals surface area contributed by atoms with E-state index in [0.29, 0.717) is 0 Å². The lowest BCUT2D eigenvalue weighted by Gasteiger charge is -2.04. The first-order chi connectivity index (χ1) is 5.84. The molecule has 1 aliphatic rings. The van der Waals surface area contributed by atoms with Gasteiger partial charge in [-0.25, -0.2) is 0 Å². The van der Waals surface area contributed by atoms with Gasteiger partial charge in [0.2, 0.25) is 0 Å². The van der Waals surface area contributed by atoms with Crippen molar-refractivity contribution in [1.82, 2.24) is 0 Å². The smallest absolute Gasteiger partial charge is 0.0677 e. The maximum atomic E-state index is 9.44. The highest BCUT2D eigenvalue weighted by Gasteiger charge is 2.22. The molecule has 0 unspecified atom stereocenters. The summed E-state index contributed by atoms with van der Waals surface area (Å²) in [6, 6.07) is 0. The highest BCUT2D eigenvalue weighted by atomic mass is 16.3. The Kier molecular flexibility index (Phi) is 4.18. The third kappa shape index (κ3) is 2.87. The summed E-state index contributed by atoms with van der Waals surface area (Å²) in [7, 11) is 0. The van der Waals surface area contributed by atoms with Crippen molar-refractivity contribution in [2.45, 2.75) is 51.6 Å². The van der Waals surface area contributed by atoms with Crippen LogP contribution in [0.1, 0.15) is 45.4 Å². The van der Waals surface area contributed by atoms with Crippen LogP contribution in [0.3, 0.4) is 0 Å². The Bertz CT molecular complexity index is 175. The summed E-state index contributed by atoms with van der Waals surface area (Å²) in [4.78, 5) is 0. The molecule has 0 amide bonds. The predicted molar refractivity (Wildman–Crippen MR) is 50.6 cm³/mol. The molecular weight excluding hydrogens is 148 g/mol. The number of unbranched alkanes of at least 4 members (excludes halogenated alkanes) is 2. The summed E-state index contributed by atoms with van der Waals surface area (Å²) in [5.41, 5.74) is 0. The quantitative estimate of drug-likeness (QED) is 0.493. The molecule has 1 nitrogen and oxygen atoms in total. The zero-order valence-electron chi connectivity index (χ0n) is 7.84. The maximum absolute atomic E-state index is 9.44. The summed E-state index contributed by atoms with van der Waals surface area (Å²) < 4.78 is 0. The molecule has 1 fully saturated rings. The molecular formula is C11H18O. The highest BCUT2D eigenvalue weighted by Crippen LogP contribution is 2.24. The average Bonchev–Trinajstić information content (AvgIpc) is 2.46. The number of hydrogen-bond donors (Lipinski definition) is 1. The molecule has 2 atom stereocenters. The van der Waals surface area contributed by atoms with E-state index < -0.39 is 0 Å². The molecule has 1 saturated carbocycles. The van der Waals surface area contributed by atoms with Crippen LogP contribution in [-0.4, -0.2) is 11.2 Å². The maximum Gasteiger partial charge on any atom is 0.0677 e. The van der Waals surface area contributed by atoms with Gasteiger partial charge in [-0.2, -0.15) is 0 Å². The standard InChI is InChI=1S/C11H18O/c1-2-3-4-5-7-10-8-6-9-11(10)12/h10-12H,2-4,6,8-9H2,1H3/t10-,11+/m1/s1. The van der Waals surface area contributed by atoms with Gasteiger partial charge in [0.1, 0.15) is 0 Å². The van der Waals surface area contributed by atoms with Crippen molar-refractivity contribution < 1.29 is 5.11 Å². The van der Waals surface area contributed by atoms with E-state index in [9.17, 15) is 5.11 Å². The van der Waals surface area contributed by atoms with E-state index in [-0.39, 0.29) is 12.0 Å². The first-order valence-corrected chi connectivity index (χ1v) is 5.01. The zero-order valence-corrected chi connectivity index (χ0v) is 7.84. The van der Waals surface area contributed by atoms with E-state index in [4.69, 9.17) is 0 Å². The molecule has 0 radical (unpaired) electrons. The van der Waals surface area contributed by atoms with Gasteiger partial charge in [-0.3, -0.25) is 0 Å². The third-order valence-corrected chi connectivity index (χ3v) is 2.42. The largest absolute Gasteiger partial charge is 0.392 e. The SMILES string of the molecule is CCCCC#C[C@@H]1CCC[C@@H]1O. The summed E-state index contributed by atoms with van der Waals surface area (Å²) in [6.45, 7) is 2.17. The second-order valence-corrected chi connectivity index (χ2v) is 3.53. The second kappa shape index (κ2) is 5.22. The van der Waals surface area contributed by atoms with Crippen molar-refractivity contribution in [2.24, 2.45) is 5.92 Å². The molecule has 0 bridgehead atoms. The zero-order chi connectivity index (χ0) is 8.81. The average molecular weight is 166 g/mol. The van der Waals surface area contributed by atoms with Gasteiger partial charge in [-0.1, -0.05) is 19.3 Å². The lowest BCUT2D eigenvalue weighted by Crippen LogP contribution is -2.10. The van der Waals surface area contributed by atoms with Crippen LogP contribution in [0, 0.1) is 17.8 Å². The Morgan fingerprint density at radius 3 is 2.83 bits per heavy atom. The van der Waals surface area contributed by atoms with Crippen molar-refractivity contribution in [3.63, 3.8) is 0 Å². The van der Waals surface area contributed by atoms with Gasteiger partial charge in [-0.15, -0.1) is 5.92 Å². The summed E-state index contributed by atoms with van der Waals surface area (Å²) in [5, 5.41) is 9.44. The van der Waals surface area contributed by atoms with Crippen LogP contribution in [-0.2, 0) is 0 Å². The fourth-order valence-electron chi connectivity index (χ4n) is 1.58. The summed E-state index contributed by atoms with van der Waals surface area (Å²) in [5.74, 6) is 6.59. The first kappa shape index (κ1) is 9.61. The van der Waals surface area contributed by atoms with Gasteiger partial charge in [0.05, 0.1) is 6.10 Å². The van der Waals surface area contributed by atoms with E-state index in [1.807, 2.05) is 0 Å². The van der Waals surface area contributed by atoms with Gasteiger partial charge >= 0.3 is 0 Å². The van der Waals surface area contributed by atoms with Crippen LogP contribution < -0.4 is 0 Å². The minimum Gasteiger partial charge on any atom is -0.392 e. The minimum absolute atomic E-state index is 0.140. The van der Waals surface area contributed by atoms with Crippen LogP contribution in [0.2, 0.25) is 0 Å². The molecule has 68 valence electrons. The molecule has 0 aromatic heterocycles. The number of aliphatic hydroxyl groups excluding tert-OH is 1. The third-order valence-electron chi connectivity index (χ3n) is 2.42. The van der Waals surface area contributed by atoms with Crippen molar-refractivity contribution in [2.75, 3.05) is 0 Å². The second-order valence-electron chi connectivity index (χ2n) is 3.53. The van der Waals surface area contributed by atoms with Gasteiger partial charge < -0.3 is 5.11 Å². The van der Waals surface area contributed by atoms with Gasteiger partial charge in [0, 0.05) is 12.3 Å². The van der Waals surface area contributed by atoms with Crippen molar-refractivity contribution in [3.8, 4) is 11.8 Å². The Morgan fingerprint density at radius 1 is 1.42 bits per heavy atom. The number of aliphatic hydroxyl groups is 1. The number of rotatable bonds is 2. The first-order valence-electron chi connectivity index (χ1n) is 5.01. The molecule has 0 aromatic rings. The molecule has 0 aliphatic heterocycles. The Labute approximate surface area is 75.2 Å². The molecule has 0 spiro atoms. The fraction of sp³-hybridized carbons (Fsp3) is 0.818. The van der Waals surface area contributed by atoms with Crippen LogP contribution >= 0.6 is 0 Å².